The zero-order valence-electron chi connectivity index (χ0n) is 9.17. The molecule has 4 heteroatoms. The van der Waals surface area contributed by atoms with Crippen molar-refractivity contribution in [1.82, 2.24) is 0 Å². The topological polar surface area (TPSA) is 56.5 Å². The molecule has 0 N–H and O–H groups in total. The predicted octanol–water partition coefficient (Wildman–Crippen LogP) is 2.55. The molecule has 0 aliphatic carbocycles. The molecule has 17 heavy (non-hydrogen) atoms. The van der Waals surface area contributed by atoms with E-state index in [1.165, 1.54) is 13.4 Å². The quantitative estimate of drug-likeness (QED) is 0.600. The minimum Gasteiger partial charge on any atom is -0.463 e. The Bertz CT molecular complexity index is 540. The Kier molecular flexibility index (Phi) is 3.05. The number of hydrogen-bond acceptors (Lipinski definition) is 4. The molecule has 4 nitrogen and oxygen atoms in total. The number of ether oxygens (including phenoxy) is 1. The van der Waals surface area contributed by atoms with Gasteiger partial charge in [0.2, 0.25) is 5.76 Å². The second-order valence-electron chi connectivity index (χ2n) is 3.37. The predicted molar refractivity (Wildman–Crippen MR) is 60.9 cm³/mol. The SMILES string of the molecule is COC(=O)c1occ(C=O)c1-c1ccccc1. The summed E-state index contributed by atoms with van der Waals surface area (Å²) in [4.78, 5) is 22.4. The van der Waals surface area contributed by atoms with Crippen LogP contribution in [0.5, 0.6) is 0 Å². The number of aldehydes is 1. The number of furan rings is 1. The third-order valence-corrected chi connectivity index (χ3v) is 2.38. The molecule has 0 amide bonds. The van der Waals surface area contributed by atoms with Crippen LogP contribution in [0.2, 0.25) is 0 Å². The Morgan fingerprint density at radius 1 is 1.29 bits per heavy atom. The van der Waals surface area contributed by atoms with Crippen LogP contribution >= 0.6 is 0 Å². The Labute approximate surface area is 97.8 Å². The lowest BCUT2D eigenvalue weighted by molar-refractivity contribution is 0.0566. The summed E-state index contributed by atoms with van der Waals surface area (Å²) < 4.78 is 9.70. The van der Waals surface area contributed by atoms with Crippen molar-refractivity contribution in [3.05, 3.63) is 47.9 Å². The molecule has 2 rings (SSSR count). The van der Waals surface area contributed by atoms with Gasteiger partial charge in [-0.1, -0.05) is 30.3 Å². The molecule has 0 radical (unpaired) electrons. The lowest BCUT2D eigenvalue weighted by Crippen LogP contribution is -2.01. The van der Waals surface area contributed by atoms with Crippen molar-refractivity contribution >= 4 is 12.3 Å². The van der Waals surface area contributed by atoms with Gasteiger partial charge in [-0.15, -0.1) is 0 Å². The highest BCUT2D eigenvalue weighted by Gasteiger charge is 2.21. The maximum Gasteiger partial charge on any atom is 0.374 e. The minimum atomic E-state index is -0.600. The second kappa shape index (κ2) is 4.65. The molecular weight excluding hydrogens is 220 g/mol. The molecule has 0 fully saturated rings. The summed E-state index contributed by atoms with van der Waals surface area (Å²) in [5.74, 6) is -0.558. The molecule has 1 heterocycles. The Balaban J connectivity index is 2.61. The summed E-state index contributed by atoms with van der Waals surface area (Å²) in [5.41, 5.74) is 1.54. The molecule has 0 atom stereocenters. The lowest BCUT2D eigenvalue weighted by Gasteiger charge is -2.01. The normalized spacial score (nSPS) is 9.94. The van der Waals surface area contributed by atoms with E-state index >= 15 is 0 Å². The van der Waals surface area contributed by atoms with E-state index < -0.39 is 5.97 Å². The first-order valence-corrected chi connectivity index (χ1v) is 4.98. The van der Waals surface area contributed by atoms with Crippen LogP contribution in [-0.2, 0) is 4.74 Å². The summed E-state index contributed by atoms with van der Waals surface area (Å²) in [7, 11) is 1.26. The zero-order valence-corrected chi connectivity index (χ0v) is 9.17. The maximum absolute atomic E-state index is 11.5. The average molecular weight is 230 g/mol. The summed E-state index contributed by atoms with van der Waals surface area (Å²) >= 11 is 0. The largest absolute Gasteiger partial charge is 0.463 e. The van der Waals surface area contributed by atoms with Gasteiger partial charge in [0.15, 0.2) is 6.29 Å². The minimum absolute atomic E-state index is 0.0424. The van der Waals surface area contributed by atoms with Crippen molar-refractivity contribution < 1.29 is 18.7 Å². The number of carbonyl (C=O) groups is 2. The smallest absolute Gasteiger partial charge is 0.374 e. The van der Waals surface area contributed by atoms with E-state index in [4.69, 9.17) is 4.42 Å². The van der Waals surface area contributed by atoms with Crippen molar-refractivity contribution in [2.75, 3.05) is 7.11 Å². The molecule has 0 saturated heterocycles. The Morgan fingerprint density at radius 2 is 2.00 bits per heavy atom. The van der Waals surface area contributed by atoms with E-state index in [9.17, 15) is 9.59 Å². The van der Waals surface area contributed by atoms with Gasteiger partial charge in [-0.3, -0.25) is 4.79 Å². The fraction of sp³-hybridized carbons (Fsp3) is 0.0769. The van der Waals surface area contributed by atoms with Crippen molar-refractivity contribution in [2.24, 2.45) is 0 Å². The van der Waals surface area contributed by atoms with Crippen molar-refractivity contribution in [3.8, 4) is 11.1 Å². The first-order chi connectivity index (χ1) is 8.27. The average Bonchev–Trinajstić information content (AvgIpc) is 2.82. The fourth-order valence-corrected chi connectivity index (χ4v) is 1.60. The van der Waals surface area contributed by atoms with E-state index in [1.807, 2.05) is 18.2 Å². The second-order valence-corrected chi connectivity index (χ2v) is 3.37. The van der Waals surface area contributed by atoms with Crippen molar-refractivity contribution in [2.45, 2.75) is 0 Å². The Hall–Kier alpha value is -2.36. The monoisotopic (exact) mass is 230 g/mol. The maximum atomic E-state index is 11.5. The van der Waals surface area contributed by atoms with E-state index in [1.54, 1.807) is 12.1 Å². The van der Waals surface area contributed by atoms with E-state index in [0.29, 0.717) is 17.4 Å². The zero-order chi connectivity index (χ0) is 12.3. The van der Waals surface area contributed by atoms with Gasteiger partial charge in [-0.05, 0) is 5.56 Å². The van der Waals surface area contributed by atoms with Gasteiger partial charge in [0.1, 0.15) is 6.26 Å². The number of methoxy groups -OCH3 is 1. The molecule has 0 aliphatic heterocycles. The highest BCUT2D eigenvalue weighted by molar-refractivity contribution is 6.00. The third kappa shape index (κ3) is 1.97. The molecule has 1 aromatic heterocycles. The molecule has 0 aliphatic rings. The van der Waals surface area contributed by atoms with Gasteiger partial charge in [-0.25, -0.2) is 4.79 Å². The van der Waals surface area contributed by atoms with Crippen LogP contribution in [0, 0.1) is 0 Å². The number of hydrogen-bond donors (Lipinski definition) is 0. The van der Waals surface area contributed by atoms with Crippen LogP contribution in [0.1, 0.15) is 20.9 Å². The van der Waals surface area contributed by atoms with E-state index in [-0.39, 0.29) is 5.76 Å². The molecular formula is C13H10O4. The van der Waals surface area contributed by atoms with Gasteiger partial charge >= 0.3 is 5.97 Å². The fourth-order valence-electron chi connectivity index (χ4n) is 1.60. The Morgan fingerprint density at radius 3 is 2.59 bits per heavy atom. The van der Waals surface area contributed by atoms with Crippen LogP contribution in [0.4, 0.5) is 0 Å². The van der Waals surface area contributed by atoms with Crippen molar-refractivity contribution in [1.29, 1.82) is 0 Å². The lowest BCUT2D eigenvalue weighted by atomic mass is 10.0. The van der Waals surface area contributed by atoms with Crippen LogP contribution in [0.3, 0.4) is 0 Å². The van der Waals surface area contributed by atoms with E-state index in [0.717, 1.165) is 5.56 Å². The van der Waals surface area contributed by atoms with Crippen LogP contribution in [0.15, 0.2) is 41.0 Å². The number of esters is 1. The van der Waals surface area contributed by atoms with Gasteiger partial charge < -0.3 is 9.15 Å². The van der Waals surface area contributed by atoms with Gasteiger partial charge in [-0.2, -0.15) is 0 Å². The van der Waals surface area contributed by atoms with Crippen molar-refractivity contribution in [3.63, 3.8) is 0 Å². The highest BCUT2D eigenvalue weighted by atomic mass is 16.5. The van der Waals surface area contributed by atoms with Crippen LogP contribution < -0.4 is 0 Å². The summed E-state index contributed by atoms with van der Waals surface area (Å²) in [6.45, 7) is 0. The third-order valence-electron chi connectivity index (χ3n) is 2.38. The van der Waals surface area contributed by atoms with Gasteiger partial charge in [0.05, 0.1) is 12.7 Å². The molecule has 86 valence electrons. The van der Waals surface area contributed by atoms with Crippen LogP contribution in [-0.4, -0.2) is 19.4 Å². The standard InChI is InChI=1S/C13H10O4/c1-16-13(15)12-11(10(7-14)8-17-12)9-5-3-2-4-6-9/h2-8H,1H3. The highest BCUT2D eigenvalue weighted by Crippen LogP contribution is 2.28. The number of benzene rings is 1. The number of rotatable bonds is 3. The summed E-state index contributed by atoms with van der Waals surface area (Å²) in [6, 6.07) is 9.08. The summed E-state index contributed by atoms with van der Waals surface area (Å²) in [5, 5.41) is 0. The molecule has 0 saturated carbocycles. The number of carbonyl (C=O) groups excluding carboxylic acids is 2. The molecule has 2 aromatic rings. The molecule has 0 bridgehead atoms. The first-order valence-electron chi connectivity index (χ1n) is 4.98. The molecule has 1 aromatic carbocycles. The van der Waals surface area contributed by atoms with Crippen LogP contribution in [0.25, 0.3) is 11.1 Å². The van der Waals surface area contributed by atoms with E-state index in [2.05, 4.69) is 4.74 Å². The molecule has 0 spiro atoms. The summed E-state index contributed by atoms with van der Waals surface area (Å²) in [6.07, 6.45) is 1.90. The van der Waals surface area contributed by atoms with Gasteiger partial charge in [0.25, 0.3) is 0 Å². The molecule has 0 unspecified atom stereocenters. The first kappa shape index (κ1) is 11.1. The van der Waals surface area contributed by atoms with Gasteiger partial charge in [0, 0.05) is 5.56 Å².